The van der Waals surface area contributed by atoms with Crippen LogP contribution in [0, 0.1) is 0 Å². The summed E-state index contributed by atoms with van der Waals surface area (Å²) in [5.74, 6) is -1.20. The van der Waals surface area contributed by atoms with Crippen molar-refractivity contribution in [3.8, 4) is 0 Å². The van der Waals surface area contributed by atoms with Gasteiger partial charge in [-0.05, 0) is 23.6 Å². The molecule has 3 N–H and O–H groups in total. The Labute approximate surface area is 141 Å². The van der Waals surface area contributed by atoms with Crippen LogP contribution in [0.15, 0.2) is 54.6 Å². The Bertz CT molecular complexity index is 685. The van der Waals surface area contributed by atoms with E-state index in [2.05, 4.69) is 5.32 Å². The summed E-state index contributed by atoms with van der Waals surface area (Å²) in [6.07, 6.45) is 0.358. The number of aliphatic hydroxyl groups is 1. The summed E-state index contributed by atoms with van der Waals surface area (Å²) < 4.78 is 0. The Morgan fingerprint density at radius 3 is 2.38 bits per heavy atom. The number of benzene rings is 2. The number of carboxylic acid groups (broad SMARTS) is 1. The molecule has 1 amide bonds. The number of hydrogen-bond donors (Lipinski definition) is 3. The number of aliphatic hydroxyl groups excluding tert-OH is 1. The summed E-state index contributed by atoms with van der Waals surface area (Å²) >= 11 is 0. The third kappa shape index (κ3) is 5.52. The van der Waals surface area contributed by atoms with Gasteiger partial charge in [-0.2, -0.15) is 0 Å². The van der Waals surface area contributed by atoms with Gasteiger partial charge in [0.15, 0.2) is 0 Å². The van der Waals surface area contributed by atoms with Crippen LogP contribution in [0.2, 0.25) is 0 Å². The summed E-state index contributed by atoms with van der Waals surface area (Å²) in [4.78, 5) is 23.0. The lowest BCUT2D eigenvalue weighted by molar-refractivity contribution is -0.121. The van der Waals surface area contributed by atoms with Crippen molar-refractivity contribution in [1.82, 2.24) is 5.32 Å². The lowest BCUT2D eigenvalue weighted by atomic mass is 10.0. The van der Waals surface area contributed by atoms with Gasteiger partial charge in [0.05, 0.1) is 11.7 Å². The van der Waals surface area contributed by atoms with Gasteiger partial charge in [-0.25, -0.2) is 4.79 Å². The predicted octanol–water partition coefficient (Wildman–Crippen LogP) is 2.04. The molecule has 0 radical (unpaired) electrons. The minimum atomic E-state index is -0.996. The molecule has 0 saturated carbocycles. The minimum absolute atomic E-state index is 0.175. The minimum Gasteiger partial charge on any atom is -0.478 e. The lowest BCUT2D eigenvalue weighted by Gasteiger charge is -2.12. The predicted molar refractivity (Wildman–Crippen MR) is 90.9 cm³/mol. The van der Waals surface area contributed by atoms with E-state index in [1.807, 2.05) is 30.3 Å². The molecule has 2 aromatic rings. The molecule has 126 valence electrons. The van der Waals surface area contributed by atoms with Crippen LogP contribution in [0.1, 0.15) is 27.9 Å². The van der Waals surface area contributed by atoms with Crippen LogP contribution in [0.3, 0.4) is 0 Å². The molecule has 0 aliphatic rings. The van der Waals surface area contributed by atoms with Gasteiger partial charge in [0, 0.05) is 19.4 Å². The molecule has 5 heteroatoms. The van der Waals surface area contributed by atoms with E-state index >= 15 is 0 Å². The lowest BCUT2D eigenvalue weighted by Crippen LogP contribution is -2.33. The smallest absolute Gasteiger partial charge is 0.335 e. The molecule has 2 aromatic carbocycles. The average molecular weight is 327 g/mol. The molecule has 0 spiro atoms. The fourth-order valence-corrected chi connectivity index (χ4v) is 2.47. The van der Waals surface area contributed by atoms with Gasteiger partial charge in [-0.15, -0.1) is 0 Å². The van der Waals surface area contributed by atoms with E-state index < -0.39 is 12.1 Å². The van der Waals surface area contributed by atoms with Gasteiger partial charge < -0.3 is 15.5 Å². The van der Waals surface area contributed by atoms with Crippen LogP contribution in [0.4, 0.5) is 0 Å². The maximum absolute atomic E-state index is 11.9. The Kier molecular flexibility index (Phi) is 6.51. The molecule has 1 unspecified atom stereocenters. The zero-order chi connectivity index (χ0) is 17.4. The average Bonchev–Trinajstić information content (AvgIpc) is 2.59. The first-order valence-corrected chi connectivity index (χ1v) is 7.86. The summed E-state index contributed by atoms with van der Waals surface area (Å²) in [5.41, 5.74) is 1.86. The monoisotopic (exact) mass is 327 g/mol. The van der Waals surface area contributed by atoms with Crippen LogP contribution in [-0.4, -0.2) is 34.7 Å². The Morgan fingerprint density at radius 1 is 1.00 bits per heavy atom. The number of aryl methyl sites for hydroxylation is 1. The van der Waals surface area contributed by atoms with Crippen molar-refractivity contribution in [2.24, 2.45) is 0 Å². The van der Waals surface area contributed by atoms with Gasteiger partial charge in [0.2, 0.25) is 5.91 Å². The fraction of sp³-hybridized carbons (Fsp3) is 0.263. The fourth-order valence-electron chi connectivity index (χ4n) is 2.47. The van der Waals surface area contributed by atoms with Gasteiger partial charge in [0.25, 0.3) is 0 Å². The number of rotatable bonds is 8. The van der Waals surface area contributed by atoms with Crippen LogP contribution in [-0.2, 0) is 17.6 Å². The zero-order valence-electron chi connectivity index (χ0n) is 13.3. The van der Waals surface area contributed by atoms with Gasteiger partial charge in [-0.3, -0.25) is 4.79 Å². The number of nitrogens with one attached hydrogen (secondary N) is 1. The molecule has 5 nitrogen and oxygen atoms in total. The van der Waals surface area contributed by atoms with Crippen molar-refractivity contribution >= 4 is 11.9 Å². The van der Waals surface area contributed by atoms with Crippen molar-refractivity contribution in [3.05, 3.63) is 71.3 Å². The van der Waals surface area contributed by atoms with E-state index in [0.29, 0.717) is 18.4 Å². The molecule has 0 bridgehead atoms. The quantitative estimate of drug-likeness (QED) is 0.692. The molecule has 1 atom stereocenters. The standard InChI is InChI=1S/C19H21NO4/c21-16(12-14-6-2-1-3-7-14)13-20-18(22)11-10-15-8-4-5-9-17(15)19(23)24/h1-9,16,21H,10-13H2,(H,20,22)(H,23,24). The van der Waals surface area contributed by atoms with Crippen molar-refractivity contribution in [1.29, 1.82) is 0 Å². The summed E-state index contributed by atoms with van der Waals surface area (Å²) in [5, 5.41) is 21.8. The maximum atomic E-state index is 11.9. The van der Waals surface area contributed by atoms with Crippen LogP contribution in [0.5, 0.6) is 0 Å². The highest BCUT2D eigenvalue weighted by atomic mass is 16.4. The summed E-state index contributed by atoms with van der Waals surface area (Å²) in [7, 11) is 0. The molecular formula is C19H21NO4. The topological polar surface area (TPSA) is 86.6 Å². The molecule has 0 fully saturated rings. The molecule has 2 rings (SSSR count). The van der Waals surface area contributed by atoms with E-state index in [0.717, 1.165) is 5.56 Å². The number of carboxylic acids is 1. The first-order valence-electron chi connectivity index (χ1n) is 7.86. The Morgan fingerprint density at radius 2 is 1.67 bits per heavy atom. The van der Waals surface area contributed by atoms with E-state index in [1.165, 1.54) is 6.07 Å². The van der Waals surface area contributed by atoms with Crippen LogP contribution >= 0.6 is 0 Å². The van der Waals surface area contributed by atoms with Crippen LogP contribution < -0.4 is 5.32 Å². The molecule has 0 aliphatic carbocycles. The Hall–Kier alpha value is -2.66. The van der Waals surface area contributed by atoms with E-state index in [1.54, 1.807) is 18.2 Å². The first kappa shape index (κ1) is 17.7. The molecule has 0 saturated heterocycles. The van der Waals surface area contributed by atoms with Crippen molar-refractivity contribution < 1.29 is 19.8 Å². The second-order valence-electron chi connectivity index (χ2n) is 5.61. The van der Waals surface area contributed by atoms with Crippen LogP contribution in [0.25, 0.3) is 0 Å². The van der Waals surface area contributed by atoms with Gasteiger partial charge in [-0.1, -0.05) is 48.5 Å². The maximum Gasteiger partial charge on any atom is 0.335 e. The van der Waals surface area contributed by atoms with Gasteiger partial charge in [0.1, 0.15) is 0 Å². The van der Waals surface area contributed by atoms with Crippen molar-refractivity contribution in [3.63, 3.8) is 0 Å². The van der Waals surface area contributed by atoms with E-state index in [-0.39, 0.29) is 24.4 Å². The molecule has 24 heavy (non-hydrogen) atoms. The second kappa shape index (κ2) is 8.84. The normalized spacial score (nSPS) is 11.7. The highest BCUT2D eigenvalue weighted by molar-refractivity contribution is 5.89. The van der Waals surface area contributed by atoms with E-state index in [9.17, 15) is 14.7 Å². The largest absolute Gasteiger partial charge is 0.478 e. The number of amides is 1. The SMILES string of the molecule is O=C(CCc1ccccc1C(=O)O)NCC(O)Cc1ccccc1. The molecule has 0 aliphatic heterocycles. The number of carbonyl (C=O) groups excluding carboxylic acids is 1. The molecular weight excluding hydrogens is 306 g/mol. The van der Waals surface area contributed by atoms with Crippen molar-refractivity contribution in [2.45, 2.75) is 25.4 Å². The number of aromatic carboxylic acids is 1. The van der Waals surface area contributed by atoms with Crippen molar-refractivity contribution in [2.75, 3.05) is 6.54 Å². The highest BCUT2D eigenvalue weighted by Crippen LogP contribution is 2.11. The molecule has 0 heterocycles. The highest BCUT2D eigenvalue weighted by Gasteiger charge is 2.12. The number of hydrogen-bond acceptors (Lipinski definition) is 3. The third-order valence-corrected chi connectivity index (χ3v) is 3.72. The summed E-state index contributed by atoms with van der Waals surface area (Å²) in [6.45, 7) is 0.175. The summed E-state index contributed by atoms with van der Waals surface area (Å²) in [6, 6.07) is 16.2. The zero-order valence-corrected chi connectivity index (χ0v) is 13.3. The third-order valence-electron chi connectivity index (χ3n) is 3.72. The molecule has 0 aromatic heterocycles. The Balaban J connectivity index is 1.77. The van der Waals surface area contributed by atoms with E-state index in [4.69, 9.17) is 5.11 Å². The first-order chi connectivity index (χ1) is 11.6. The van der Waals surface area contributed by atoms with Gasteiger partial charge >= 0.3 is 5.97 Å². The second-order valence-corrected chi connectivity index (χ2v) is 5.61. The number of carbonyl (C=O) groups is 2.